The van der Waals surface area contributed by atoms with Crippen molar-refractivity contribution in [1.29, 1.82) is 0 Å². The van der Waals surface area contributed by atoms with E-state index >= 15 is 0 Å². The maximum Gasteiger partial charge on any atom is 0.341 e. The van der Waals surface area contributed by atoms with E-state index in [0.717, 1.165) is 12.1 Å². The minimum absolute atomic E-state index is 0.0687. The van der Waals surface area contributed by atoms with Gasteiger partial charge in [0, 0.05) is 17.2 Å². The largest absolute Gasteiger partial charge is 0.341 e. The summed E-state index contributed by atoms with van der Waals surface area (Å²) in [5, 5.41) is 13.1. The fraction of sp³-hybridized carbons (Fsp3) is 0.133. The first-order valence-electron chi connectivity index (χ1n) is 6.82. The van der Waals surface area contributed by atoms with Crippen LogP contribution in [0.3, 0.4) is 0 Å². The van der Waals surface area contributed by atoms with Gasteiger partial charge in [-0.05, 0) is 25.1 Å². The van der Waals surface area contributed by atoms with Crippen LogP contribution in [-0.4, -0.2) is 25.0 Å². The lowest BCUT2D eigenvalue weighted by Gasteiger charge is -2.12. The Balaban J connectivity index is 2.44. The van der Waals surface area contributed by atoms with Crippen molar-refractivity contribution in [2.75, 3.05) is 5.32 Å². The summed E-state index contributed by atoms with van der Waals surface area (Å²) >= 11 is 0. The molecule has 2 aromatic carbocycles. The third-order valence-electron chi connectivity index (χ3n) is 3.42. The first kappa shape index (κ1) is 18.5. The molecule has 0 aliphatic carbocycles. The van der Waals surface area contributed by atoms with Crippen molar-refractivity contribution in [3.8, 4) is 0 Å². The number of nitro groups is 1. The summed E-state index contributed by atoms with van der Waals surface area (Å²) in [5.74, 6) is -4.50. The molecule has 0 atom stereocenters. The molecule has 1 N–H and O–H groups in total. The van der Waals surface area contributed by atoms with Crippen molar-refractivity contribution in [1.82, 2.24) is 0 Å². The Morgan fingerprint density at radius 1 is 1.16 bits per heavy atom. The summed E-state index contributed by atoms with van der Waals surface area (Å²) in [6.07, 6.45) is 0. The van der Waals surface area contributed by atoms with Crippen molar-refractivity contribution in [2.24, 2.45) is 0 Å². The Hall–Kier alpha value is -2.88. The first-order valence-corrected chi connectivity index (χ1v) is 8.37. The molecule has 0 spiro atoms. The summed E-state index contributed by atoms with van der Waals surface area (Å²) in [6.45, 7) is 1.36. The molecule has 0 saturated carbocycles. The molecule has 7 nitrogen and oxygen atoms in total. The number of sulfone groups is 1. The standard InChI is InChI=1S/C15H12F2N2O5S/c1-9-10(5-4-7-12(9)19(21)22)14(20)18-11-6-2-3-8-13(11)25(23,24)15(16)17/h2-8,15H,1H3,(H,18,20). The van der Waals surface area contributed by atoms with E-state index in [1.165, 1.54) is 37.3 Å². The second-order valence-corrected chi connectivity index (χ2v) is 6.85. The molecule has 0 aliphatic rings. The molecule has 0 saturated heterocycles. The van der Waals surface area contributed by atoms with Gasteiger partial charge in [0.25, 0.3) is 11.6 Å². The highest BCUT2D eigenvalue weighted by atomic mass is 32.2. The number of nitro benzene ring substituents is 1. The number of para-hydroxylation sites is 1. The summed E-state index contributed by atoms with van der Waals surface area (Å²) in [6, 6.07) is 8.51. The molecule has 10 heteroatoms. The number of nitrogens with zero attached hydrogens (tertiary/aromatic N) is 1. The Labute approximate surface area is 141 Å². The van der Waals surface area contributed by atoms with Gasteiger partial charge in [0.1, 0.15) is 0 Å². The molecule has 2 aromatic rings. The number of anilines is 1. The Morgan fingerprint density at radius 2 is 1.80 bits per heavy atom. The van der Waals surface area contributed by atoms with Gasteiger partial charge in [-0.3, -0.25) is 14.9 Å². The zero-order valence-corrected chi connectivity index (χ0v) is 13.6. The van der Waals surface area contributed by atoms with Gasteiger partial charge < -0.3 is 5.32 Å². The van der Waals surface area contributed by atoms with E-state index in [-0.39, 0.29) is 22.5 Å². The van der Waals surface area contributed by atoms with Gasteiger partial charge in [-0.2, -0.15) is 8.78 Å². The molecule has 0 unspecified atom stereocenters. The average Bonchev–Trinajstić information content (AvgIpc) is 2.54. The molecular weight excluding hydrogens is 358 g/mol. The number of amides is 1. The van der Waals surface area contributed by atoms with Crippen LogP contribution in [0.5, 0.6) is 0 Å². The molecule has 25 heavy (non-hydrogen) atoms. The predicted octanol–water partition coefficient (Wildman–Crippen LogP) is 3.15. The summed E-state index contributed by atoms with van der Waals surface area (Å²) in [7, 11) is -4.92. The van der Waals surface area contributed by atoms with Crippen LogP contribution in [0.1, 0.15) is 15.9 Å². The first-order chi connectivity index (χ1) is 11.7. The Morgan fingerprint density at radius 3 is 2.40 bits per heavy atom. The molecule has 0 aliphatic heterocycles. The highest BCUT2D eigenvalue weighted by Crippen LogP contribution is 2.27. The maximum atomic E-state index is 12.8. The fourth-order valence-corrected chi connectivity index (χ4v) is 3.06. The fourth-order valence-electron chi connectivity index (χ4n) is 2.17. The monoisotopic (exact) mass is 370 g/mol. The van der Waals surface area contributed by atoms with Gasteiger partial charge in [-0.1, -0.05) is 18.2 Å². The van der Waals surface area contributed by atoms with Crippen molar-refractivity contribution >= 4 is 27.1 Å². The summed E-state index contributed by atoms with van der Waals surface area (Å²) in [5.41, 5.74) is -0.627. The van der Waals surface area contributed by atoms with E-state index in [1.807, 2.05) is 0 Å². The van der Waals surface area contributed by atoms with Gasteiger partial charge in [0.2, 0.25) is 9.84 Å². The molecule has 1 amide bonds. The van der Waals surface area contributed by atoms with Crippen molar-refractivity contribution in [3.05, 3.63) is 63.7 Å². The van der Waals surface area contributed by atoms with Crippen molar-refractivity contribution in [2.45, 2.75) is 17.6 Å². The minimum Gasteiger partial charge on any atom is -0.321 e. The molecular formula is C15H12F2N2O5S. The zero-order chi connectivity index (χ0) is 18.8. The quantitative estimate of drug-likeness (QED) is 0.643. The maximum absolute atomic E-state index is 12.8. The number of benzene rings is 2. The SMILES string of the molecule is Cc1c(C(=O)Nc2ccccc2S(=O)(=O)C(F)F)cccc1[N+](=O)[O-]. The predicted molar refractivity (Wildman–Crippen MR) is 85.4 cm³/mol. The minimum atomic E-state index is -4.92. The lowest BCUT2D eigenvalue weighted by atomic mass is 10.1. The summed E-state index contributed by atoms with van der Waals surface area (Å²) < 4.78 is 48.9. The van der Waals surface area contributed by atoms with E-state index in [1.54, 1.807) is 0 Å². The smallest absolute Gasteiger partial charge is 0.321 e. The number of rotatable bonds is 5. The van der Waals surface area contributed by atoms with Crippen LogP contribution >= 0.6 is 0 Å². The lowest BCUT2D eigenvalue weighted by Crippen LogP contribution is -2.18. The van der Waals surface area contributed by atoms with Crippen LogP contribution in [0.2, 0.25) is 0 Å². The van der Waals surface area contributed by atoms with Crippen LogP contribution in [0.25, 0.3) is 0 Å². The average molecular weight is 370 g/mol. The summed E-state index contributed by atoms with van der Waals surface area (Å²) in [4.78, 5) is 21.9. The van der Waals surface area contributed by atoms with E-state index < -0.39 is 31.3 Å². The van der Waals surface area contributed by atoms with E-state index in [0.29, 0.717) is 0 Å². The number of carbonyl (C=O) groups is 1. The second kappa shape index (κ2) is 6.93. The van der Waals surface area contributed by atoms with Crippen LogP contribution in [0, 0.1) is 17.0 Å². The van der Waals surface area contributed by atoms with E-state index in [4.69, 9.17) is 0 Å². The Bertz CT molecular complexity index is 945. The van der Waals surface area contributed by atoms with Gasteiger partial charge >= 0.3 is 5.76 Å². The van der Waals surface area contributed by atoms with E-state index in [9.17, 15) is 32.1 Å². The number of hydrogen-bond donors (Lipinski definition) is 1. The molecule has 0 fully saturated rings. The van der Waals surface area contributed by atoms with Gasteiger partial charge in [0.05, 0.1) is 15.5 Å². The number of nitrogens with one attached hydrogen (secondary N) is 1. The second-order valence-electron chi connectivity index (χ2n) is 4.96. The van der Waals surface area contributed by atoms with E-state index in [2.05, 4.69) is 5.32 Å². The van der Waals surface area contributed by atoms with Crippen LogP contribution in [0.15, 0.2) is 47.4 Å². The highest BCUT2D eigenvalue weighted by Gasteiger charge is 2.30. The third-order valence-corrected chi connectivity index (χ3v) is 4.86. The zero-order valence-electron chi connectivity index (χ0n) is 12.8. The molecule has 2 rings (SSSR count). The molecule has 132 valence electrons. The topological polar surface area (TPSA) is 106 Å². The number of alkyl halides is 2. The number of carbonyl (C=O) groups excluding carboxylic acids is 1. The highest BCUT2D eigenvalue weighted by molar-refractivity contribution is 7.91. The lowest BCUT2D eigenvalue weighted by molar-refractivity contribution is -0.385. The number of halogens is 2. The molecule has 0 bridgehead atoms. The van der Waals surface area contributed by atoms with Crippen LogP contribution in [-0.2, 0) is 9.84 Å². The van der Waals surface area contributed by atoms with Gasteiger partial charge in [0.15, 0.2) is 0 Å². The van der Waals surface area contributed by atoms with Crippen LogP contribution in [0.4, 0.5) is 20.2 Å². The molecule has 0 aromatic heterocycles. The Kier molecular flexibility index (Phi) is 5.12. The van der Waals surface area contributed by atoms with Crippen molar-refractivity contribution in [3.63, 3.8) is 0 Å². The van der Waals surface area contributed by atoms with Gasteiger partial charge in [-0.15, -0.1) is 0 Å². The van der Waals surface area contributed by atoms with Crippen molar-refractivity contribution < 1.29 is 26.9 Å². The van der Waals surface area contributed by atoms with Gasteiger partial charge in [-0.25, -0.2) is 8.42 Å². The van der Waals surface area contributed by atoms with Crippen LogP contribution < -0.4 is 5.32 Å². The molecule has 0 radical (unpaired) electrons. The molecule has 0 heterocycles. The number of hydrogen-bond acceptors (Lipinski definition) is 5. The normalized spacial score (nSPS) is 11.4. The third kappa shape index (κ3) is 3.63.